The van der Waals surface area contributed by atoms with Crippen molar-refractivity contribution in [3.05, 3.63) is 45.4 Å². The van der Waals surface area contributed by atoms with Gasteiger partial charge >= 0.3 is 5.97 Å². The molecule has 7 nitrogen and oxygen atoms in total. The van der Waals surface area contributed by atoms with Gasteiger partial charge in [-0.3, -0.25) is 4.79 Å². The van der Waals surface area contributed by atoms with Crippen molar-refractivity contribution in [2.45, 2.75) is 26.6 Å². The molecular weight excluding hydrogens is 398 g/mol. The fourth-order valence-electron chi connectivity index (χ4n) is 3.53. The van der Waals surface area contributed by atoms with E-state index in [1.54, 1.807) is 16.4 Å². The number of nitrogens with zero attached hydrogens (tertiary/aromatic N) is 3. The molecule has 1 fully saturated rings. The zero-order chi connectivity index (χ0) is 20.1. The van der Waals surface area contributed by atoms with Gasteiger partial charge in [0.15, 0.2) is 6.67 Å². The van der Waals surface area contributed by atoms with E-state index in [0.29, 0.717) is 17.2 Å². The van der Waals surface area contributed by atoms with Gasteiger partial charge in [0.2, 0.25) is 4.77 Å². The minimum Gasteiger partial charge on any atom is -0.466 e. The molecule has 1 aromatic carbocycles. The lowest BCUT2D eigenvalue weighted by atomic mass is 10.2. The van der Waals surface area contributed by atoms with Crippen LogP contribution in [-0.2, 0) is 36.2 Å². The van der Waals surface area contributed by atoms with Gasteiger partial charge in [-0.1, -0.05) is 23.7 Å². The van der Waals surface area contributed by atoms with Crippen molar-refractivity contribution in [3.63, 3.8) is 0 Å². The molecule has 9 heteroatoms. The Hall–Kier alpha value is -1.74. The molecule has 2 aromatic rings. The lowest BCUT2D eigenvalue weighted by molar-refractivity contribution is -1.03. The lowest BCUT2D eigenvalue weighted by Crippen LogP contribution is -3.27. The summed E-state index contributed by atoms with van der Waals surface area (Å²) in [6.07, 6.45) is 0.148. The van der Waals surface area contributed by atoms with E-state index in [4.69, 9.17) is 28.6 Å². The molecule has 3 rings (SSSR count). The molecule has 0 amide bonds. The number of piperazine rings is 1. The largest absolute Gasteiger partial charge is 0.466 e. The number of hydrogen-bond acceptors (Lipinski definition) is 4. The molecule has 1 aliphatic heterocycles. The van der Waals surface area contributed by atoms with Crippen LogP contribution < -0.4 is 9.80 Å². The van der Waals surface area contributed by atoms with Crippen molar-refractivity contribution in [1.82, 2.24) is 14.3 Å². The summed E-state index contributed by atoms with van der Waals surface area (Å²) in [5.41, 5.74) is 1.32. The number of rotatable bonds is 7. The van der Waals surface area contributed by atoms with Gasteiger partial charge in [-0.2, -0.15) is 9.78 Å². The molecule has 1 saturated heterocycles. The highest BCUT2D eigenvalue weighted by Gasteiger charge is 2.24. The normalized spacial score (nSPS) is 19.5. The molecule has 0 bridgehead atoms. The van der Waals surface area contributed by atoms with E-state index in [-0.39, 0.29) is 12.4 Å². The molecule has 152 valence electrons. The van der Waals surface area contributed by atoms with Crippen LogP contribution in [0, 0.1) is 4.77 Å². The molecule has 0 spiro atoms. The highest BCUT2D eigenvalue weighted by atomic mass is 35.5. The monoisotopic (exact) mass is 425 g/mol. The third kappa shape index (κ3) is 5.41. The maximum Gasteiger partial charge on any atom is 0.313 e. The SMILES string of the molecule is CCOC(=O)Cc1nn(C[NH+]2CC[NH+](Cc3ccc(Cl)cc3)CC2)c(=S)n1C. The molecule has 0 unspecified atom stereocenters. The number of carbonyl (C=O) groups excluding carboxylic acids is 1. The number of carbonyl (C=O) groups is 1. The van der Waals surface area contributed by atoms with Crippen LogP contribution in [-0.4, -0.2) is 53.1 Å². The van der Waals surface area contributed by atoms with Crippen LogP contribution in [0.2, 0.25) is 5.02 Å². The van der Waals surface area contributed by atoms with Crippen LogP contribution in [0.4, 0.5) is 0 Å². The topological polar surface area (TPSA) is 57.9 Å². The third-order valence-electron chi connectivity index (χ3n) is 5.14. The van der Waals surface area contributed by atoms with Crippen LogP contribution in [0.25, 0.3) is 0 Å². The summed E-state index contributed by atoms with van der Waals surface area (Å²) in [4.78, 5) is 14.8. The average molecular weight is 426 g/mol. The van der Waals surface area contributed by atoms with E-state index in [1.165, 1.54) is 10.5 Å². The van der Waals surface area contributed by atoms with Crippen LogP contribution in [0.5, 0.6) is 0 Å². The molecule has 28 heavy (non-hydrogen) atoms. The van der Waals surface area contributed by atoms with E-state index < -0.39 is 0 Å². The number of nitrogens with one attached hydrogen (secondary N) is 2. The number of ether oxygens (including phenoxy) is 1. The Morgan fingerprint density at radius 2 is 1.86 bits per heavy atom. The summed E-state index contributed by atoms with van der Waals surface area (Å²) in [5.74, 6) is 0.374. The fourth-order valence-corrected chi connectivity index (χ4v) is 3.86. The number of quaternary nitrogens is 2. The van der Waals surface area contributed by atoms with Crippen molar-refractivity contribution in [1.29, 1.82) is 0 Å². The maximum absolute atomic E-state index is 11.7. The Kier molecular flexibility index (Phi) is 7.23. The van der Waals surface area contributed by atoms with Gasteiger partial charge in [-0.05, 0) is 31.3 Å². The van der Waals surface area contributed by atoms with Gasteiger partial charge in [0.1, 0.15) is 45.0 Å². The summed E-state index contributed by atoms with van der Waals surface area (Å²) >= 11 is 11.5. The van der Waals surface area contributed by atoms with Crippen molar-refractivity contribution in [2.75, 3.05) is 32.8 Å². The van der Waals surface area contributed by atoms with Gasteiger partial charge in [0.05, 0.1) is 6.61 Å². The third-order valence-corrected chi connectivity index (χ3v) is 5.88. The molecule has 2 heterocycles. The number of halogens is 1. The van der Waals surface area contributed by atoms with Crippen molar-refractivity contribution in [2.24, 2.45) is 7.05 Å². The fraction of sp³-hybridized carbons (Fsp3) is 0.526. The smallest absolute Gasteiger partial charge is 0.313 e. The van der Waals surface area contributed by atoms with E-state index in [1.807, 2.05) is 23.9 Å². The van der Waals surface area contributed by atoms with Gasteiger partial charge in [0, 0.05) is 17.6 Å². The molecule has 0 radical (unpaired) electrons. The number of aromatic nitrogens is 3. The predicted octanol–water partition coefficient (Wildman–Crippen LogP) is -0.349. The maximum atomic E-state index is 11.7. The quantitative estimate of drug-likeness (QED) is 0.470. The van der Waals surface area contributed by atoms with Crippen LogP contribution in [0.1, 0.15) is 18.3 Å². The van der Waals surface area contributed by atoms with E-state index >= 15 is 0 Å². The second kappa shape index (κ2) is 9.65. The highest BCUT2D eigenvalue weighted by Crippen LogP contribution is 2.08. The first kappa shape index (κ1) is 21.0. The number of hydrogen-bond donors (Lipinski definition) is 2. The summed E-state index contributed by atoms with van der Waals surface area (Å²) in [7, 11) is 1.85. The van der Waals surface area contributed by atoms with Gasteiger partial charge in [-0.25, -0.2) is 0 Å². The summed E-state index contributed by atoms with van der Waals surface area (Å²) in [5, 5.41) is 5.34. The summed E-state index contributed by atoms with van der Waals surface area (Å²) in [6, 6.07) is 8.11. The Labute approximate surface area is 175 Å². The van der Waals surface area contributed by atoms with E-state index in [0.717, 1.165) is 44.4 Å². The number of benzene rings is 1. The van der Waals surface area contributed by atoms with Crippen molar-refractivity contribution in [3.8, 4) is 0 Å². The average Bonchev–Trinajstić information content (AvgIpc) is 2.93. The minimum absolute atomic E-state index is 0.148. The standard InChI is InChI=1S/C19H26ClN5O2S/c1-3-27-18(26)12-17-21-25(19(28)22(17)2)14-24-10-8-23(9-11-24)13-15-4-6-16(20)7-5-15/h4-7H,3,8-14H2,1-2H3/p+2. The molecule has 2 N–H and O–H groups in total. The van der Waals surface area contributed by atoms with Gasteiger partial charge in [0.25, 0.3) is 0 Å². The van der Waals surface area contributed by atoms with Crippen molar-refractivity contribution < 1.29 is 19.3 Å². The Morgan fingerprint density at radius 3 is 2.50 bits per heavy atom. The molecule has 1 aromatic heterocycles. The molecular formula is C19H28ClN5O2S+2. The molecule has 1 aliphatic rings. The Bertz CT molecular complexity index is 856. The first-order valence-electron chi connectivity index (χ1n) is 9.66. The molecule has 0 saturated carbocycles. The highest BCUT2D eigenvalue weighted by molar-refractivity contribution is 7.71. The zero-order valence-electron chi connectivity index (χ0n) is 16.4. The van der Waals surface area contributed by atoms with E-state index in [2.05, 4.69) is 17.2 Å². The number of esters is 1. The van der Waals surface area contributed by atoms with E-state index in [9.17, 15) is 4.79 Å². The van der Waals surface area contributed by atoms with Gasteiger partial charge < -0.3 is 19.1 Å². The van der Waals surface area contributed by atoms with Crippen molar-refractivity contribution >= 4 is 29.8 Å². The van der Waals surface area contributed by atoms with Crippen LogP contribution >= 0.6 is 23.8 Å². The van der Waals surface area contributed by atoms with Gasteiger partial charge in [-0.15, -0.1) is 0 Å². The molecule has 0 aliphatic carbocycles. The molecule has 0 atom stereocenters. The Morgan fingerprint density at radius 1 is 1.21 bits per heavy atom. The second-order valence-corrected chi connectivity index (χ2v) is 8.00. The predicted molar refractivity (Wildman–Crippen MR) is 109 cm³/mol. The first-order valence-corrected chi connectivity index (χ1v) is 10.4. The van der Waals surface area contributed by atoms with Crippen LogP contribution in [0.3, 0.4) is 0 Å². The van der Waals surface area contributed by atoms with Crippen LogP contribution in [0.15, 0.2) is 24.3 Å². The first-order chi connectivity index (χ1) is 13.5. The summed E-state index contributed by atoms with van der Waals surface area (Å²) < 4.78 is 9.29. The lowest BCUT2D eigenvalue weighted by Gasteiger charge is -2.29. The Balaban J connectivity index is 1.53. The minimum atomic E-state index is -0.274. The summed E-state index contributed by atoms with van der Waals surface area (Å²) in [6.45, 7) is 8.26. The zero-order valence-corrected chi connectivity index (χ0v) is 18.0. The second-order valence-electron chi connectivity index (χ2n) is 7.20.